The molecule has 0 heterocycles. The van der Waals surface area contributed by atoms with Crippen molar-refractivity contribution in [2.45, 2.75) is 46.6 Å². The molecule has 0 unspecified atom stereocenters. The van der Waals surface area contributed by atoms with E-state index in [1.165, 1.54) is 0 Å². The quantitative estimate of drug-likeness (QED) is 0.805. The summed E-state index contributed by atoms with van der Waals surface area (Å²) in [5.41, 5.74) is 7.68. The van der Waals surface area contributed by atoms with Gasteiger partial charge < -0.3 is 15.8 Å². The lowest BCUT2D eigenvalue weighted by Crippen LogP contribution is -2.36. The first-order valence-corrected chi connectivity index (χ1v) is 7.24. The van der Waals surface area contributed by atoms with E-state index < -0.39 is 6.04 Å². The maximum atomic E-state index is 12.1. The summed E-state index contributed by atoms with van der Waals surface area (Å²) in [4.78, 5) is 12.1. The molecule has 4 nitrogen and oxygen atoms in total. The Labute approximate surface area is 121 Å². The molecular weight excluding hydrogens is 252 g/mol. The van der Waals surface area contributed by atoms with Crippen LogP contribution in [-0.4, -0.2) is 18.6 Å². The molecule has 0 aliphatic rings. The van der Waals surface area contributed by atoms with Crippen LogP contribution in [0.2, 0.25) is 0 Å². The summed E-state index contributed by atoms with van der Waals surface area (Å²) < 4.78 is 5.67. The van der Waals surface area contributed by atoms with Crippen molar-refractivity contribution in [3.05, 3.63) is 23.8 Å². The smallest absolute Gasteiger partial charge is 0.241 e. The molecule has 0 bridgehead atoms. The number of hydrogen-bond donors (Lipinski definition) is 2. The average Bonchev–Trinajstić information content (AvgIpc) is 2.38. The highest BCUT2D eigenvalue weighted by molar-refractivity contribution is 5.95. The van der Waals surface area contributed by atoms with Gasteiger partial charge in [0.25, 0.3) is 0 Å². The molecule has 3 N–H and O–H groups in total. The zero-order chi connectivity index (χ0) is 15.1. The van der Waals surface area contributed by atoms with Crippen molar-refractivity contribution in [2.24, 2.45) is 11.7 Å². The Kier molecular flexibility index (Phi) is 6.52. The Bertz CT molecular complexity index is 444. The van der Waals surface area contributed by atoms with Gasteiger partial charge in [0.15, 0.2) is 0 Å². The van der Waals surface area contributed by atoms with Crippen LogP contribution in [0.5, 0.6) is 5.75 Å². The fraction of sp³-hybridized carbons (Fsp3) is 0.562. The van der Waals surface area contributed by atoms with E-state index in [2.05, 4.69) is 19.2 Å². The Morgan fingerprint density at radius 3 is 2.70 bits per heavy atom. The van der Waals surface area contributed by atoms with E-state index in [9.17, 15) is 4.79 Å². The number of carbonyl (C=O) groups is 1. The maximum absolute atomic E-state index is 12.1. The normalized spacial score (nSPS) is 12.3. The lowest BCUT2D eigenvalue weighted by atomic mass is 10.0. The second-order valence-electron chi connectivity index (χ2n) is 5.57. The largest absolute Gasteiger partial charge is 0.491 e. The summed E-state index contributed by atoms with van der Waals surface area (Å²) in [6.07, 6.45) is 1.59. The van der Waals surface area contributed by atoms with Crippen LogP contribution < -0.4 is 15.8 Å². The molecule has 0 spiro atoms. The highest BCUT2D eigenvalue weighted by atomic mass is 16.5. The van der Waals surface area contributed by atoms with Gasteiger partial charge in [0.2, 0.25) is 5.91 Å². The summed E-state index contributed by atoms with van der Waals surface area (Å²) in [6, 6.07) is 5.25. The molecule has 20 heavy (non-hydrogen) atoms. The van der Waals surface area contributed by atoms with Gasteiger partial charge in [0.1, 0.15) is 5.75 Å². The van der Waals surface area contributed by atoms with Gasteiger partial charge in [-0.1, -0.05) is 26.8 Å². The lowest BCUT2D eigenvalue weighted by molar-refractivity contribution is -0.117. The number of nitrogens with one attached hydrogen (secondary N) is 1. The number of hydrogen-bond acceptors (Lipinski definition) is 3. The van der Waals surface area contributed by atoms with Crippen molar-refractivity contribution in [3.63, 3.8) is 0 Å². The zero-order valence-electron chi connectivity index (χ0n) is 12.9. The molecule has 4 heteroatoms. The summed E-state index contributed by atoms with van der Waals surface area (Å²) in [6.45, 7) is 8.77. The second-order valence-corrected chi connectivity index (χ2v) is 5.57. The highest BCUT2D eigenvalue weighted by Gasteiger charge is 2.16. The topological polar surface area (TPSA) is 64.3 Å². The Hall–Kier alpha value is -1.55. The minimum atomic E-state index is -0.490. The standard InChI is InChI=1S/C16H26N2O2/c1-5-8-20-15-10-12(4)6-7-14(15)18-16(19)13(17)9-11(2)3/h6-7,10-11,13H,5,8-9,17H2,1-4H3,(H,18,19)/t13-/m1/s1. The third-order valence-corrected chi connectivity index (χ3v) is 2.92. The van der Waals surface area contributed by atoms with Crippen LogP contribution in [0.1, 0.15) is 39.2 Å². The lowest BCUT2D eigenvalue weighted by Gasteiger charge is -2.17. The van der Waals surface area contributed by atoms with Crippen LogP contribution in [-0.2, 0) is 4.79 Å². The first kappa shape index (κ1) is 16.5. The third-order valence-electron chi connectivity index (χ3n) is 2.92. The molecule has 112 valence electrons. The Morgan fingerprint density at radius 2 is 2.10 bits per heavy atom. The van der Waals surface area contributed by atoms with E-state index in [4.69, 9.17) is 10.5 Å². The zero-order valence-corrected chi connectivity index (χ0v) is 12.9. The van der Waals surface area contributed by atoms with Crippen LogP contribution in [0.25, 0.3) is 0 Å². The second kappa shape index (κ2) is 7.90. The number of rotatable bonds is 7. The molecule has 1 amide bonds. The van der Waals surface area contributed by atoms with Gasteiger partial charge in [0.05, 0.1) is 18.3 Å². The van der Waals surface area contributed by atoms with E-state index in [0.29, 0.717) is 30.4 Å². The predicted molar refractivity (Wildman–Crippen MR) is 83.0 cm³/mol. The molecule has 0 saturated heterocycles. The van der Waals surface area contributed by atoms with Gasteiger partial charge >= 0.3 is 0 Å². The number of ether oxygens (including phenoxy) is 1. The summed E-state index contributed by atoms with van der Waals surface area (Å²) >= 11 is 0. The van der Waals surface area contributed by atoms with Crippen molar-refractivity contribution in [1.82, 2.24) is 0 Å². The molecule has 1 aromatic rings. The third kappa shape index (κ3) is 5.21. The molecule has 0 aromatic heterocycles. The highest BCUT2D eigenvalue weighted by Crippen LogP contribution is 2.26. The van der Waals surface area contributed by atoms with Crippen molar-refractivity contribution in [2.75, 3.05) is 11.9 Å². The van der Waals surface area contributed by atoms with Crippen LogP contribution in [0, 0.1) is 12.8 Å². The van der Waals surface area contributed by atoms with Gasteiger partial charge in [-0.3, -0.25) is 4.79 Å². The van der Waals surface area contributed by atoms with E-state index in [1.54, 1.807) is 0 Å². The van der Waals surface area contributed by atoms with Crippen molar-refractivity contribution in [3.8, 4) is 5.75 Å². The van der Waals surface area contributed by atoms with Gasteiger partial charge in [-0.15, -0.1) is 0 Å². The van der Waals surface area contributed by atoms with Gasteiger partial charge in [-0.2, -0.15) is 0 Å². The first-order valence-electron chi connectivity index (χ1n) is 7.24. The monoisotopic (exact) mass is 278 g/mol. The Morgan fingerprint density at radius 1 is 1.40 bits per heavy atom. The van der Waals surface area contributed by atoms with Crippen molar-refractivity contribution >= 4 is 11.6 Å². The fourth-order valence-electron chi connectivity index (χ4n) is 1.90. The van der Waals surface area contributed by atoms with Crippen LogP contribution >= 0.6 is 0 Å². The van der Waals surface area contributed by atoms with Gasteiger partial charge in [-0.25, -0.2) is 0 Å². The van der Waals surface area contributed by atoms with Crippen LogP contribution in [0.15, 0.2) is 18.2 Å². The molecule has 0 aliphatic heterocycles. The minimum Gasteiger partial charge on any atom is -0.491 e. The summed E-state index contributed by atoms with van der Waals surface area (Å²) in [5, 5.41) is 2.86. The van der Waals surface area contributed by atoms with Crippen molar-refractivity contribution < 1.29 is 9.53 Å². The van der Waals surface area contributed by atoms with E-state index in [1.807, 2.05) is 32.0 Å². The molecule has 0 saturated carbocycles. The maximum Gasteiger partial charge on any atom is 0.241 e. The molecular formula is C16H26N2O2. The van der Waals surface area contributed by atoms with E-state index >= 15 is 0 Å². The molecule has 1 atom stereocenters. The van der Waals surface area contributed by atoms with Crippen LogP contribution in [0.3, 0.4) is 0 Å². The van der Waals surface area contributed by atoms with Gasteiger partial charge in [-0.05, 0) is 43.4 Å². The summed E-state index contributed by atoms with van der Waals surface area (Å²) in [7, 11) is 0. The fourth-order valence-corrected chi connectivity index (χ4v) is 1.90. The number of aryl methyl sites for hydroxylation is 1. The molecule has 1 rings (SSSR count). The number of nitrogens with two attached hydrogens (primary N) is 1. The Balaban J connectivity index is 2.77. The SMILES string of the molecule is CCCOc1cc(C)ccc1NC(=O)[C@H](N)CC(C)C. The molecule has 0 radical (unpaired) electrons. The van der Waals surface area contributed by atoms with Gasteiger partial charge in [0, 0.05) is 0 Å². The number of carbonyl (C=O) groups excluding carboxylic acids is 1. The molecule has 1 aromatic carbocycles. The number of amides is 1. The van der Waals surface area contributed by atoms with Crippen molar-refractivity contribution in [1.29, 1.82) is 0 Å². The number of anilines is 1. The molecule has 0 fully saturated rings. The van der Waals surface area contributed by atoms with E-state index in [-0.39, 0.29) is 5.91 Å². The number of benzene rings is 1. The van der Waals surface area contributed by atoms with Crippen LogP contribution in [0.4, 0.5) is 5.69 Å². The summed E-state index contributed by atoms with van der Waals surface area (Å²) in [5.74, 6) is 0.936. The minimum absolute atomic E-state index is 0.163. The van der Waals surface area contributed by atoms with E-state index in [0.717, 1.165) is 12.0 Å². The predicted octanol–water partition coefficient (Wildman–Crippen LogP) is 3.10. The first-order chi connectivity index (χ1) is 9.43. The molecule has 0 aliphatic carbocycles. The average molecular weight is 278 g/mol.